The number of benzene rings is 1. The summed E-state index contributed by atoms with van der Waals surface area (Å²) in [5, 5.41) is 0. The molecular weight excluding hydrogens is 238 g/mol. The molecule has 1 aromatic carbocycles. The second-order valence-electron chi connectivity index (χ2n) is 5.51. The maximum Gasteiger partial charge on any atom is 0.229 e. The van der Waals surface area contributed by atoms with Crippen LogP contribution in [-0.4, -0.2) is 19.1 Å². The molecule has 19 heavy (non-hydrogen) atoms. The van der Waals surface area contributed by atoms with E-state index in [4.69, 9.17) is 4.74 Å². The average molecular weight is 261 g/mol. The highest BCUT2D eigenvalue weighted by Gasteiger charge is 2.27. The molecule has 3 nitrogen and oxygen atoms in total. The van der Waals surface area contributed by atoms with Gasteiger partial charge in [-0.1, -0.05) is 25.0 Å². The summed E-state index contributed by atoms with van der Waals surface area (Å²) in [5.74, 6) is 1.20. The second-order valence-corrected chi connectivity index (χ2v) is 5.51. The van der Waals surface area contributed by atoms with Gasteiger partial charge in [-0.15, -0.1) is 0 Å². The molecule has 0 atom stereocenters. The number of rotatable bonds is 4. The first kappa shape index (κ1) is 13.9. The summed E-state index contributed by atoms with van der Waals surface area (Å²) >= 11 is 0. The first-order valence-corrected chi connectivity index (χ1v) is 7.13. The van der Waals surface area contributed by atoms with Gasteiger partial charge in [0.1, 0.15) is 5.75 Å². The van der Waals surface area contributed by atoms with Gasteiger partial charge in [0.15, 0.2) is 0 Å². The number of carbonyl (C=O) groups is 1. The fraction of sp³-hybridized carbons (Fsp3) is 0.562. The van der Waals surface area contributed by atoms with E-state index in [1.807, 2.05) is 45.2 Å². The predicted octanol–water partition coefficient (Wildman–Crippen LogP) is 3.63. The molecule has 0 aliphatic heterocycles. The van der Waals surface area contributed by atoms with Crippen molar-refractivity contribution in [3.8, 4) is 5.75 Å². The van der Waals surface area contributed by atoms with Crippen LogP contribution in [0.15, 0.2) is 24.3 Å². The minimum Gasteiger partial charge on any atom is -0.489 e. The van der Waals surface area contributed by atoms with E-state index in [-0.39, 0.29) is 17.9 Å². The number of hydrogen-bond acceptors (Lipinski definition) is 2. The third-order valence-corrected chi connectivity index (χ3v) is 3.62. The van der Waals surface area contributed by atoms with Crippen molar-refractivity contribution in [2.45, 2.75) is 45.6 Å². The Bertz CT molecular complexity index is 436. The van der Waals surface area contributed by atoms with E-state index in [0.717, 1.165) is 24.3 Å². The van der Waals surface area contributed by atoms with Crippen LogP contribution >= 0.6 is 0 Å². The van der Waals surface area contributed by atoms with Gasteiger partial charge < -0.3 is 9.64 Å². The van der Waals surface area contributed by atoms with E-state index in [9.17, 15) is 4.79 Å². The summed E-state index contributed by atoms with van der Waals surface area (Å²) in [6, 6.07) is 7.76. The highest BCUT2D eigenvalue weighted by molar-refractivity contribution is 5.96. The van der Waals surface area contributed by atoms with E-state index in [0.29, 0.717) is 0 Å². The van der Waals surface area contributed by atoms with Gasteiger partial charge in [0, 0.05) is 13.0 Å². The van der Waals surface area contributed by atoms with Crippen molar-refractivity contribution in [2.24, 2.45) is 5.92 Å². The Morgan fingerprint density at radius 1 is 1.26 bits per heavy atom. The zero-order valence-corrected chi connectivity index (χ0v) is 12.1. The zero-order valence-electron chi connectivity index (χ0n) is 12.1. The molecule has 2 rings (SSSR count). The number of para-hydroxylation sites is 2. The van der Waals surface area contributed by atoms with Crippen molar-refractivity contribution in [1.82, 2.24) is 0 Å². The Hall–Kier alpha value is -1.51. The molecule has 0 spiro atoms. The van der Waals surface area contributed by atoms with E-state index in [1.165, 1.54) is 12.8 Å². The van der Waals surface area contributed by atoms with E-state index in [2.05, 4.69) is 0 Å². The van der Waals surface area contributed by atoms with Crippen LogP contribution in [0.1, 0.15) is 39.5 Å². The Morgan fingerprint density at radius 3 is 2.53 bits per heavy atom. The molecule has 0 saturated heterocycles. The SMILES string of the molecule is CC(C)Oc1ccccc1N(C)C(=O)C1CCCC1. The monoisotopic (exact) mass is 261 g/mol. The fourth-order valence-electron chi connectivity index (χ4n) is 2.65. The molecule has 0 N–H and O–H groups in total. The molecule has 3 heteroatoms. The van der Waals surface area contributed by atoms with E-state index in [1.54, 1.807) is 4.90 Å². The molecule has 0 unspecified atom stereocenters. The number of amides is 1. The summed E-state index contributed by atoms with van der Waals surface area (Å²) in [5.41, 5.74) is 0.869. The Labute approximate surface area is 115 Å². The van der Waals surface area contributed by atoms with Crippen LogP contribution in [0.5, 0.6) is 5.75 Å². The van der Waals surface area contributed by atoms with Gasteiger partial charge in [0.05, 0.1) is 11.8 Å². The molecule has 0 bridgehead atoms. The minimum atomic E-state index is 0.108. The van der Waals surface area contributed by atoms with Gasteiger partial charge in [0.25, 0.3) is 0 Å². The van der Waals surface area contributed by atoms with Gasteiger partial charge in [-0.25, -0.2) is 0 Å². The zero-order chi connectivity index (χ0) is 13.8. The summed E-state index contributed by atoms with van der Waals surface area (Å²) in [6.07, 6.45) is 4.51. The molecule has 0 radical (unpaired) electrons. The van der Waals surface area contributed by atoms with Crippen LogP contribution in [0, 0.1) is 5.92 Å². The van der Waals surface area contributed by atoms with Gasteiger partial charge >= 0.3 is 0 Å². The quantitative estimate of drug-likeness (QED) is 0.828. The van der Waals surface area contributed by atoms with Gasteiger partial charge in [-0.05, 0) is 38.8 Å². The summed E-state index contributed by atoms with van der Waals surface area (Å²) in [7, 11) is 1.85. The van der Waals surface area contributed by atoms with E-state index >= 15 is 0 Å². The summed E-state index contributed by atoms with van der Waals surface area (Å²) in [4.78, 5) is 14.2. The first-order valence-electron chi connectivity index (χ1n) is 7.13. The molecule has 1 aliphatic rings. The lowest BCUT2D eigenvalue weighted by molar-refractivity contribution is -0.121. The molecule has 1 fully saturated rings. The third-order valence-electron chi connectivity index (χ3n) is 3.62. The van der Waals surface area contributed by atoms with Crippen LogP contribution in [0.3, 0.4) is 0 Å². The predicted molar refractivity (Wildman–Crippen MR) is 77.6 cm³/mol. The molecule has 0 aromatic heterocycles. The molecule has 1 saturated carbocycles. The number of ether oxygens (including phenoxy) is 1. The summed E-state index contributed by atoms with van der Waals surface area (Å²) in [6.45, 7) is 3.99. The molecule has 0 heterocycles. The van der Waals surface area contributed by atoms with E-state index < -0.39 is 0 Å². The largest absolute Gasteiger partial charge is 0.489 e. The standard InChI is InChI=1S/C16H23NO2/c1-12(2)19-15-11-7-6-10-14(15)17(3)16(18)13-8-4-5-9-13/h6-7,10-13H,4-5,8-9H2,1-3H3. The van der Waals surface area contributed by atoms with Crippen LogP contribution in [0.4, 0.5) is 5.69 Å². The number of nitrogens with zero attached hydrogens (tertiary/aromatic N) is 1. The average Bonchev–Trinajstić information content (AvgIpc) is 2.91. The molecule has 104 valence electrons. The van der Waals surface area contributed by atoms with Gasteiger partial charge in [0.2, 0.25) is 5.91 Å². The third kappa shape index (κ3) is 3.28. The van der Waals surface area contributed by atoms with Crippen LogP contribution in [0.2, 0.25) is 0 Å². The Kier molecular flexibility index (Phi) is 4.46. The van der Waals surface area contributed by atoms with Crippen molar-refractivity contribution in [2.75, 3.05) is 11.9 Å². The van der Waals surface area contributed by atoms with Crippen LogP contribution < -0.4 is 9.64 Å². The molecule has 1 aromatic rings. The normalized spacial score (nSPS) is 15.8. The van der Waals surface area contributed by atoms with Crippen molar-refractivity contribution < 1.29 is 9.53 Å². The highest BCUT2D eigenvalue weighted by Crippen LogP contribution is 2.32. The minimum absolute atomic E-state index is 0.108. The maximum atomic E-state index is 12.5. The number of hydrogen-bond donors (Lipinski definition) is 0. The summed E-state index contributed by atoms with van der Waals surface area (Å²) < 4.78 is 5.79. The van der Waals surface area contributed by atoms with Gasteiger partial charge in [-0.3, -0.25) is 4.79 Å². The maximum absolute atomic E-state index is 12.5. The Balaban J connectivity index is 2.17. The fourth-order valence-corrected chi connectivity index (χ4v) is 2.65. The van der Waals surface area contributed by atoms with Gasteiger partial charge in [-0.2, -0.15) is 0 Å². The van der Waals surface area contributed by atoms with Crippen molar-refractivity contribution in [3.05, 3.63) is 24.3 Å². The number of carbonyl (C=O) groups excluding carboxylic acids is 1. The molecule has 1 amide bonds. The molecule has 1 aliphatic carbocycles. The lowest BCUT2D eigenvalue weighted by atomic mass is 10.1. The number of anilines is 1. The smallest absolute Gasteiger partial charge is 0.229 e. The Morgan fingerprint density at radius 2 is 1.89 bits per heavy atom. The first-order chi connectivity index (χ1) is 9.09. The lowest BCUT2D eigenvalue weighted by Gasteiger charge is -2.24. The van der Waals surface area contributed by atoms with Crippen molar-refractivity contribution in [1.29, 1.82) is 0 Å². The molecular formula is C16H23NO2. The van der Waals surface area contributed by atoms with Crippen LogP contribution in [-0.2, 0) is 4.79 Å². The highest BCUT2D eigenvalue weighted by atomic mass is 16.5. The lowest BCUT2D eigenvalue weighted by Crippen LogP contribution is -2.32. The topological polar surface area (TPSA) is 29.5 Å². The van der Waals surface area contributed by atoms with Crippen molar-refractivity contribution in [3.63, 3.8) is 0 Å². The van der Waals surface area contributed by atoms with Crippen molar-refractivity contribution >= 4 is 11.6 Å². The second kappa shape index (κ2) is 6.09. The van der Waals surface area contributed by atoms with Crippen LogP contribution in [0.25, 0.3) is 0 Å².